The Kier molecular flexibility index (Phi) is 12.3. The monoisotopic (exact) mass is 687 g/mol. The van der Waals surface area contributed by atoms with Crippen molar-refractivity contribution in [3.63, 3.8) is 0 Å². The number of thioether (sulfide) groups is 1. The average molecular weight is 688 g/mol. The first-order chi connectivity index (χ1) is 22.8. The third kappa shape index (κ3) is 9.64. The molecule has 0 fully saturated rings. The van der Waals surface area contributed by atoms with Crippen LogP contribution >= 0.6 is 11.8 Å². The first-order valence-electron chi connectivity index (χ1n) is 15.9. The zero-order chi connectivity index (χ0) is 34.9. The molecule has 4 aromatic rings. The van der Waals surface area contributed by atoms with Crippen LogP contribution in [0.4, 0.5) is 5.69 Å². The van der Waals surface area contributed by atoms with Gasteiger partial charge in [-0.25, -0.2) is 8.42 Å². The summed E-state index contributed by atoms with van der Waals surface area (Å²) in [5.41, 5.74) is 2.42. The summed E-state index contributed by atoms with van der Waals surface area (Å²) in [5.74, 6) is -0.255. The molecule has 0 saturated carbocycles. The van der Waals surface area contributed by atoms with E-state index in [1.54, 1.807) is 48.5 Å². The molecule has 0 radical (unpaired) electrons. The van der Waals surface area contributed by atoms with E-state index >= 15 is 0 Å². The summed E-state index contributed by atoms with van der Waals surface area (Å²) in [6.07, 6.45) is 2.16. The fourth-order valence-corrected chi connectivity index (χ4v) is 7.08. The highest BCUT2D eigenvalue weighted by atomic mass is 32.2. The van der Waals surface area contributed by atoms with Crippen molar-refractivity contribution >= 4 is 39.3 Å². The van der Waals surface area contributed by atoms with Crippen molar-refractivity contribution in [2.75, 3.05) is 23.7 Å². The topological polar surface area (TPSA) is 96.0 Å². The minimum absolute atomic E-state index is 0.0544. The average Bonchev–Trinajstić information content (AvgIpc) is 3.06. The van der Waals surface area contributed by atoms with E-state index in [-0.39, 0.29) is 23.8 Å². The van der Waals surface area contributed by atoms with Crippen molar-refractivity contribution in [1.29, 1.82) is 0 Å². The third-order valence-electron chi connectivity index (χ3n) is 7.73. The van der Waals surface area contributed by atoms with Gasteiger partial charge in [-0.1, -0.05) is 54.6 Å². The molecule has 0 saturated heterocycles. The van der Waals surface area contributed by atoms with Crippen LogP contribution in [0.15, 0.2) is 113 Å². The van der Waals surface area contributed by atoms with Crippen LogP contribution in [-0.2, 0) is 32.6 Å². The van der Waals surface area contributed by atoms with E-state index in [1.807, 2.05) is 95.5 Å². The number of rotatable bonds is 14. The van der Waals surface area contributed by atoms with Crippen LogP contribution in [0.25, 0.3) is 0 Å². The Bertz CT molecular complexity index is 1770. The molecule has 4 aromatic carbocycles. The number of amides is 2. The molecule has 1 unspecified atom stereocenters. The summed E-state index contributed by atoms with van der Waals surface area (Å²) in [6, 6.07) is 29.5. The lowest BCUT2D eigenvalue weighted by molar-refractivity contribution is -0.140. The lowest BCUT2D eigenvalue weighted by atomic mass is 10.00. The van der Waals surface area contributed by atoms with Crippen molar-refractivity contribution < 1.29 is 22.7 Å². The molecule has 0 bridgehead atoms. The van der Waals surface area contributed by atoms with Gasteiger partial charge in [0.15, 0.2) is 0 Å². The molecule has 1 atom stereocenters. The Morgan fingerprint density at radius 2 is 1.50 bits per heavy atom. The standard InChI is InChI=1S/C38H45N3O5S2/c1-7-46-32-19-17-31(18-20-32)41(48(44,45)34-23-21-33(47-6)22-24-34)27-36(42)40(26-30-16-12-11-13-28(30)2)35(37(43)39-38(3,4)5)25-29-14-9-8-10-15-29/h8-24,35H,7,25-27H2,1-6H3,(H,39,43). The number of aryl methyl sites for hydroxylation is 1. The highest BCUT2D eigenvalue weighted by Gasteiger charge is 2.35. The van der Waals surface area contributed by atoms with Crippen LogP contribution < -0.4 is 14.4 Å². The van der Waals surface area contributed by atoms with Crippen LogP contribution in [0.1, 0.15) is 44.4 Å². The summed E-state index contributed by atoms with van der Waals surface area (Å²) in [7, 11) is -4.21. The second-order valence-electron chi connectivity index (χ2n) is 12.5. The smallest absolute Gasteiger partial charge is 0.264 e. The van der Waals surface area contributed by atoms with Gasteiger partial charge in [0, 0.05) is 23.4 Å². The van der Waals surface area contributed by atoms with Gasteiger partial charge in [0.05, 0.1) is 17.2 Å². The van der Waals surface area contributed by atoms with Gasteiger partial charge in [-0.15, -0.1) is 11.8 Å². The Morgan fingerprint density at radius 3 is 2.08 bits per heavy atom. The normalized spacial score (nSPS) is 12.2. The molecule has 0 aliphatic heterocycles. The lowest BCUT2D eigenvalue weighted by Gasteiger charge is -2.35. The van der Waals surface area contributed by atoms with Gasteiger partial charge in [-0.05, 0) is 106 Å². The summed E-state index contributed by atoms with van der Waals surface area (Å²) < 4.78 is 35.4. The number of ether oxygens (including phenoxy) is 1. The molecular formula is C38H45N3O5S2. The Morgan fingerprint density at radius 1 is 0.875 bits per heavy atom. The number of hydrogen-bond acceptors (Lipinski definition) is 6. The summed E-state index contributed by atoms with van der Waals surface area (Å²) in [4.78, 5) is 31.3. The Balaban J connectivity index is 1.83. The quantitative estimate of drug-likeness (QED) is 0.146. The summed E-state index contributed by atoms with van der Waals surface area (Å²) >= 11 is 1.50. The van der Waals surface area contributed by atoms with Crippen molar-refractivity contribution in [2.45, 2.75) is 69.0 Å². The fraction of sp³-hybridized carbons (Fsp3) is 0.316. The summed E-state index contributed by atoms with van der Waals surface area (Å²) in [6.45, 7) is 9.53. The maximum Gasteiger partial charge on any atom is 0.264 e. The van der Waals surface area contributed by atoms with Gasteiger partial charge in [0.2, 0.25) is 11.8 Å². The number of hydrogen-bond donors (Lipinski definition) is 1. The second-order valence-corrected chi connectivity index (χ2v) is 15.2. The van der Waals surface area contributed by atoms with Crippen LogP contribution in [0, 0.1) is 6.92 Å². The molecular weight excluding hydrogens is 643 g/mol. The molecule has 4 rings (SSSR count). The van der Waals surface area contributed by atoms with Crippen molar-refractivity contribution in [1.82, 2.24) is 10.2 Å². The van der Waals surface area contributed by atoms with Gasteiger partial charge in [0.1, 0.15) is 18.3 Å². The molecule has 0 spiro atoms. The molecule has 0 aromatic heterocycles. The van der Waals surface area contributed by atoms with E-state index in [2.05, 4.69) is 5.32 Å². The van der Waals surface area contributed by atoms with Crippen LogP contribution in [0.5, 0.6) is 5.75 Å². The number of benzene rings is 4. The molecule has 1 N–H and O–H groups in total. The molecule has 2 amide bonds. The minimum atomic E-state index is -4.21. The number of sulfonamides is 1. The molecule has 10 heteroatoms. The zero-order valence-electron chi connectivity index (χ0n) is 28.5. The van der Waals surface area contributed by atoms with E-state index in [1.165, 1.54) is 16.7 Å². The molecule has 0 aliphatic carbocycles. The van der Waals surface area contributed by atoms with E-state index < -0.39 is 34.1 Å². The first kappa shape index (κ1) is 36.6. The van der Waals surface area contributed by atoms with Crippen molar-refractivity contribution in [3.05, 3.63) is 120 Å². The molecule has 48 heavy (non-hydrogen) atoms. The van der Waals surface area contributed by atoms with E-state index in [0.29, 0.717) is 18.0 Å². The second kappa shape index (κ2) is 16.2. The van der Waals surface area contributed by atoms with E-state index in [0.717, 1.165) is 25.9 Å². The number of nitrogens with zero attached hydrogens (tertiary/aromatic N) is 2. The van der Waals surface area contributed by atoms with Crippen molar-refractivity contribution in [2.24, 2.45) is 0 Å². The fourth-order valence-electron chi connectivity index (χ4n) is 5.26. The molecule has 8 nitrogen and oxygen atoms in total. The minimum Gasteiger partial charge on any atom is -0.494 e. The highest BCUT2D eigenvalue weighted by Crippen LogP contribution is 2.28. The number of nitrogens with one attached hydrogen (secondary N) is 1. The first-order valence-corrected chi connectivity index (χ1v) is 18.6. The highest BCUT2D eigenvalue weighted by molar-refractivity contribution is 7.98. The Labute approximate surface area is 289 Å². The van der Waals surface area contributed by atoms with E-state index in [9.17, 15) is 18.0 Å². The third-order valence-corrected chi connectivity index (χ3v) is 10.3. The predicted octanol–water partition coefficient (Wildman–Crippen LogP) is 6.87. The van der Waals surface area contributed by atoms with Gasteiger partial charge >= 0.3 is 0 Å². The lowest BCUT2D eigenvalue weighted by Crippen LogP contribution is -2.56. The SMILES string of the molecule is CCOc1ccc(N(CC(=O)N(Cc2ccccc2C)C(Cc2ccccc2)C(=O)NC(C)(C)C)S(=O)(=O)c2ccc(SC)cc2)cc1. The maximum atomic E-state index is 14.7. The van der Waals surface area contributed by atoms with Crippen molar-refractivity contribution in [3.8, 4) is 5.75 Å². The Hall–Kier alpha value is -4.28. The summed E-state index contributed by atoms with van der Waals surface area (Å²) in [5, 5.41) is 3.06. The zero-order valence-corrected chi connectivity index (χ0v) is 30.1. The van der Waals surface area contributed by atoms with Gasteiger partial charge in [-0.3, -0.25) is 13.9 Å². The van der Waals surface area contributed by atoms with Crippen LogP contribution in [0.2, 0.25) is 0 Å². The molecule has 0 heterocycles. The molecule has 0 aliphatic rings. The molecule has 254 valence electrons. The number of carbonyl (C=O) groups is 2. The van der Waals surface area contributed by atoms with Crippen LogP contribution in [0.3, 0.4) is 0 Å². The predicted molar refractivity (Wildman–Crippen MR) is 194 cm³/mol. The maximum absolute atomic E-state index is 14.7. The van der Waals surface area contributed by atoms with E-state index in [4.69, 9.17) is 4.74 Å². The van der Waals surface area contributed by atoms with Gasteiger partial charge < -0.3 is 15.0 Å². The van der Waals surface area contributed by atoms with Gasteiger partial charge in [0.25, 0.3) is 10.0 Å². The number of anilines is 1. The van der Waals surface area contributed by atoms with Gasteiger partial charge in [-0.2, -0.15) is 0 Å². The van der Waals surface area contributed by atoms with Crippen LogP contribution in [-0.4, -0.2) is 56.1 Å². The largest absolute Gasteiger partial charge is 0.494 e. The number of carbonyl (C=O) groups excluding carboxylic acids is 2.